The Morgan fingerprint density at radius 1 is 1.08 bits per heavy atom. The van der Waals surface area contributed by atoms with Gasteiger partial charge in [0.15, 0.2) is 0 Å². The Labute approximate surface area is 161 Å². The van der Waals surface area contributed by atoms with Gasteiger partial charge in [-0.2, -0.15) is 0 Å². The van der Waals surface area contributed by atoms with Crippen molar-refractivity contribution in [3.63, 3.8) is 0 Å². The number of hydrogen-bond acceptors (Lipinski definition) is 3. The van der Waals surface area contributed by atoms with E-state index in [1.54, 1.807) is 42.5 Å². The number of rotatable bonds is 6. The van der Waals surface area contributed by atoms with Gasteiger partial charge in [-0.1, -0.05) is 48.0 Å². The Hall–Kier alpha value is -2.76. The number of hydrogen-bond donors (Lipinski definition) is 2. The second-order valence-electron chi connectivity index (χ2n) is 5.07. The molecule has 0 aliphatic rings. The first-order valence-electron chi connectivity index (χ1n) is 7.57. The van der Waals surface area contributed by atoms with E-state index in [2.05, 4.69) is 17.4 Å². The molecule has 2 amide bonds. The molecule has 0 saturated heterocycles. The summed E-state index contributed by atoms with van der Waals surface area (Å²) in [4.78, 5) is 23.8. The van der Waals surface area contributed by atoms with Gasteiger partial charge in [0.1, 0.15) is 12.4 Å². The first-order valence-corrected chi connectivity index (χ1v) is 8.32. The van der Waals surface area contributed by atoms with Crippen LogP contribution in [-0.4, -0.2) is 18.4 Å². The summed E-state index contributed by atoms with van der Waals surface area (Å²) in [6.45, 7) is 4.00. The highest BCUT2D eigenvalue weighted by molar-refractivity contribution is 6.35. The Bertz CT molecular complexity index is 833. The van der Waals surface area contributed by atoms with Crippen LogP contribution < -0.4 is 15.6 Å². The van der Waals surface area contributed by atoms with Gasteiger partial charge in [0.25, 0.3) is 11.8 Å². The molecule has 0 aliphatic heterocycles. The van der Waals surface area contributed by atoms with Crippen molar-refractivity contribution in [1.82, 2.24) is 10.9 Å². The normalized spacial score (nSPS) is 10.4. The minimum atomic E-state index is -0.567. The molecule has 26 heavy (non-hydrogen) atoms. The number of hydrazine groups is 1. The van der Waals surface area contributed by atoms with Gasteiger partial charge < -0.3 is 4.74 Å². The van der Waals surface area contributed by atoms with E-state index in [1.807, 2.05) is 0 Å². The number of halogens is 2. The molecule has 0 unspecified atom stereocenters. The first-order chi connectivity index (χ1) is 12.5. The molecule has 0 heterocycles. The van der Waals surface area contributed by atoms with Crippen molar-refractivity contribution in [1.29, 1.82) is 0 Å². The highest BCUT2D eigenvalue weighted by Crippen LogP contribution is 2.20. The fourth-order valence-electron chi connectivity index (χ4n) is 1.90. The molecule has 7 heteroatoms. The zero-order valence-corrected chi connectivity index (χ0v) is 15.2. The molecule has 134 valence electrons. The molecular weight excluding hydrogens is 375 g/mol. The monoisotopic (exact) mass is 390 g/mol. The highest BCUT2D eigenvalue weighted by Gasteiger charge is 2.11. The van der Waals surface area contributed by atoms with Crippen LogP contribution in [-0.2, 0) is 4.79 Å². The Balaban J connectivity index is 1.88. The van der Waals surface area contributed by atoms with Crippen LogP contribution in [0.15, 0.2) is 61.2 Å². The van der Waals surface area contributed by atoms with Gasteiger partial charge in [-0.3, -0.25) is 20.4 Å². The van der Waals surface area contributed by atoms with Gasteiger partial charge in [0, 0.05) is 11.1 Å². The number of benzene rings is 2. The van der Waals surface area contributed by atoms with Crippen LogP contribution in [0.5, 0.6) is 5.75 Å². The summed E-state index contributed by atoms with van der Waals surface area (Å²) in [6.07, 6.45) is 4.55. The summed E-state index contributed by atoms with van der Waals surface area (Å²) in [5.41, 5.74) is 5.51. The lowest BCUT2D eigenvalue weighted by Gasteiger charge is -2.07. The maximum atomic E-state index is 12.0. The smallest absolute Gasteiger partial charge is 0.271 e. The van der Waals surface area contributed by atoms with Gasteiger partial charge in [-0.25, -0.2) is 0 Å². The summed E-state index contributed by atoms with van der Waals surface area (Å²) in [7, 11) is 0. The number of amides is 2. The molecule has 0 radical (unpaired) electrons. The van der Waals surface area contributed by atoms with E-state index in [-0.39, 0.29) is 10.6 Å². The van der Waals surface area contributed by atoms with Gasteiger partial charge in [-0.05, 0) is 42.0 Å². The van der Waals surface area contributed by atoms with Crippen molar-refractivity contribution in [3.8, 4) is 5.75 Å². The van der Waals surface area contributed by atoms with Gasteiger partial charge >= 0.3 is 0 Å². The zero-order chi connectivity index (χ0) is 18.9. The quantitative estimate of drug-likeness (QED) is 0.444. The molecular formula is C19H16Cl2N2O3. The van der Waals surface area contributed by atoms with Crippen LogP contribution in [0, 0.1) is 0 Å². The van der Waals surface area contributed by atoms with E-state index in [1.165, 1.54) is 18.2 Å². The predicted octanol–water partition coefficient (Wildman–Crippen LogP) is 4.03. The molecule has 2 aromatic rings. The van der Waals surface area contributed by atoms with Crippen molar-refractivity contribution in [2.75, 3.05) is 6.61 Å². The van der Waals surface area contributed by atoms with Gasteiger partial charge in [-0.15, -0.1) is 0 Å². The maximum absolute atomic E-state index is 12.0. The SMILES string of the molecule is C=CCOc1ccc(/C=C/C(=O)NNC(=O)c2cc(Cl)ccc2Cl)cc1. The number of ether oxygens (including phenoxy) is 1. The van der Waals surface area contributed by atoms with E-state index in [0.29, 0.717) is 17.4 Å². The molecule has 5 nitrogen and oxygen atoms in total. The number of carbonyl (C=O) groups excluding carboxylic acids is 2. The number of carbonyl (C=O) groups is 2. The fraction of sp³-hybridized carbons (Fsp3) is 0.0526. The van der Waals surface area contributed by atoms with Crippen LogP contribution in [0.3, 0.4) is 0 Å². The van der Waals surface area contributed by atoms with Crippen molar-refractivity contribution >= 4 is 41.1 Å². The summed E-state index contributed by atoms with van der Waals surface area (Å²) < 4.78 is 5.37. The molecule has 0 fully saturated rings. The molecule has 2 N–H and O–H groups in total. The molecule has 0 bridgehead atoms. The maximum Gasteiger partial charge on any atom is 0.271 e. The fourth-order valence-corrected chi connectivity index (χ4v) is 2.28. The largest absolute Gasteiger partial charge is 0.490 e. The van der Waals surface area contributed by atoms with Crippen molar-refractivity contribution < 1.29 is 14.3 Å². The van der Waals surface area contributed by atoms with E-state index >= 15 is 0 Å². The van der Waals surface area contributed by atoms with Crippen LogP contribution in [0.25, 0.3) is 6.08 Å². The summed E-state index contributed by atoms with van der Waals surface area (Å²) in [5, 5.41) is 0.599. The van der Waals surface area contributed by atoms with E-state index in [9.17, 15) is 9.59 Å². The minimum absolute atomic E-state index is 0.165. The Morgan fingerprint density at radius 2 is 1.81 bits per heavy atom. The average molecular weight is 391 g/mol. The summed E-state index contributed by atoms with van der Waals surface area (Å²) in [6, 6.07) is 11.6. The average Bonchev–Trinajstić information content (AvgIpc) is 2.65. The lowest BCUT2D eigenvalue weighted by molar-refractivity contribution is -0.117. The molecule has 0 saturated carbocycles. The lowest BCUT2D eigenvalue weighted by Crippen LogP contribution is -2.40. The second kappa shape index (κ2) is 9.65. The van der Waals surface area contributed by atoms with Crippen LogP contribution in [0.1, 0.15) is 15.9 Å². The van der Waals surface area contributed by atoms with E-state index in [0.717, 1.165) is 5.56 Å². The predicted molar refractivity (Wildman–Crippen MR) is 103 cm³/mol. The van der Waals surface area contributed by atoms with E-state index in [4.69, 9.17) is 27.9 Å². The van der Waals surface area contributed by atoms with E-state index < -0.39 is 11.8 Å². The first kappa shape index (κ1) is 19.6. The molecule has 2 rings (SSSR count). The van der Waals surface area contributed by atoms with Crippen molar-refractivity contribution in [2.24, 2.45) is 0 Å². The molecule has 0 aromatic heterocycles. The Kier molecular flexibility index (Phi) is 7.26. The third-order valence-electron chi connectivity index (χ3n) is 3.15. The number of nitrogens with one attached hydrogen (secondary N) is 2. The van der Waals surface area contributed by atoms with Gasteiger partial charge in [0.2, 0.25) is 0 Å². The second-order valence-corrected chi connectivity index (χ2v) is 5.91. The van der Waals surface area contributed by atoms with Gasteiger partial charge in [0.05, 0.1) is 10.6 Å². The van der Waals surface area contributed by atoms with Crippen molar-refractivity contribution in [3.05, 3.63) is 82.4 Å². The van der Waals surface area contributed by atoms with Crippen LogP contribution in [0.2, 0.25) is 10.0 Å². The Morgan fingerprint density at radius 3 is 2.50 bits per heavy atom. The van der Waals surface area contributed by atoms with Crippen molar-refractivity contribution in [2.45, 2.75) is 0 Å². The molecule has 0 atom stereocenters. The molecule has 2 aromatic carbocycles. The van der Waals surface area contributed by atoms with Crippen LogP contribution in [0.4, 0.5) is 0 Å². The summed E-state index contributed by atoms with van der Waals surface area (Å²) >= 11 is 11.8. The van der Waals surface area contributed by atoms with Crippen LogP contribution >= 0.6 is 23.2 Å². The lowest BCUT2D eigenvalue weighted by atomic mass is 10.2. The highest BCUT2D eigenvalue weighted by atomic mass is 35.5. The topological polar surface area (TPSA) is 67.4 Å². The standard InChI is InChI=1S/C19H16Cl2N2O3/c1-2-11-26-15-7-3-13(4-8-15)5-10-18(24)22-23-19(25)16-12-14(20)6-9-17(16)21/h2-10,12H,1,11H2,(H,22,24)(H,23,25)/b10-5+. The third-order valence-corrected chi connectivity index (χ3v) is 3.71. The minimum Gasteiger partial charge on any atom is -0.490 e. The third kappa shape index (κ3) is 5.95. The zero-order valence-electron chi connectivity index (χ0n) is 13.7. The molecule has 0 aliphatic carbocycles. The molecule has 0 spiro atoms. The summed E-state index contributed by atoms with van der Waals surface area (Å²) in [5.74, 6) is -0.358.